The second-order valence-corrected chi connectivity index (χ2v) is 14.0. The Bertz CT molecular complexity index is 671. The first-order valence-electron chi connectivity index (χ1n) is 11.7. The van der Waals surface area contributed by atoms with Gasteiger partial charge < -0.3 is 4.74 Å². The standard InChI is InChI=1S/C25H41F3O2P/c1-7-10-15-31(16-11-8-2,17-12-9-3)19-20-13-14-21(22(18-20)25(26,27)28)23(29)30-24(4,5)6/h13-14,18H,7-12,15-17,19H2,1-6H3/q+1. The summed E-state index contributed by atoms with van der Waals surface area (Å²) in [6.07, 6.45) is 6.23. The average Bonchev–Trinajstić information content (AvgIpc) is 2.67. The van der Waals surface area contributed by atoms with Crippen molar-refractivity contribution in [3.05, 3.63) is 34.9 Å². The molecule has 0 aliphatic carbocycles. The molecule has 0 aliphatic rings. The molecular formula is C25H41F3O2P+. The number of halogens is 3. The van der Waals surface area contributed by atoms with Crippen molar-refractivity contribution in [2.24, 2.45) is 0 Å². The molecule has 6 heteroatoms. The quantitative estimate of drug-likeness (QED) is 0.230. The van der Waals surface area contributed by atoms with Crippen LogP contribution in [0.3, 0.4) is 0 Å². The van der Waals surface area contributed by atoms with Crippen LogP contribution in [0.2, 0.25) is 0 Å². The molecule has 0 N–H and O–H groups in total. The van der Waals surface area contributed by atoms with Crippen molar-refractivity contribution in [1.82, 2.24) is 0 Å². The number of unbranched alkanes of at least 4 members (excludes halogenated alkanes) is 3. The van der Waals surface area contributed by atoms with Crippen LogP contribution in [0.1, 0.15) is 102 Å². The van der Waals surface area contributed by atoms with Crippen LogP contribution in [0.25, 0.3) is 0 Å². The lowest BCUT2D eigenvalue weighted by atomic mass is 10.0. The van der Waals surface area contributed by atoms with E-state index in [4.69, 9.17) is 4.74 Å². The second kappa shape index (κ2) is 12.2. The largest absolute Gasteiger partial charge is 0.456 e. The van der Waals surface area contributed by atoms with Crippen molar-refractivity contribution >= 4 is 13.2 Å². The first-order valence-corrected chi connectivity index (χ1v) is 14.2. The van der Waals surface area contributed by atoms with Gasteiger partial charge in [0.25, 0.3) is 0 Å². The van der Waals surface area contributed by atoms with Crippen LogP contribution in [0.15, 0.2) is 18.2 Å². The topological polar surface area (TPSA) is 26.3 Å². The van der Waals surface area contributed by atoms with E-state index in [9.17, 15) is 18.0 Å². The van der Waals surface area contributed by atoms with E-state index in [0.717, 1.165) is 63.2 Å². The molecule has 0 aliphatic heterocycles. The smallest absolute Gasteiger partial charge is 0.417 e. The van der Waals surface area contributed by atoms with Gasteiger partial charge in [-0.1, -0.05) is 46.1 Å². The summed E-state index contributed by atoms with van der Waals surface area (Å²) in [5, 5.41) is 0. The van der Waals surface area contributed by atoms with Crippen molar-refractivity contribution < 1.29 is 22.7 Å². The molecule has 0 saturated carbocycles. The van der Waals surface area contributed by atoms with E-state index < -0.39 is 36.1 Å². The Morgan fingerprint density at radius 3 is 1.77 bits per heavy atom. The Labute approximate surface area is 187 Å². The van der Waals surface area contributed by atoms with Crippen LogP contribution in [0.4, 0.5) is 13.2 Å². The Balaban J connectivity index is 3.35. The van der Waals surface area contributed by atoms with E-state index in [1.165, 1.54) is 12.1 Å². The highest BCUT2D eigenvalue weighted by molar-refractivity contribution is 7.75. The molecule has 0 spiro atoms. The van der Waals surface area contributed by atoms with Gasteiger partial charge in [-0.05, 0) is 57.7 Å². The molecule has 0 saturated heterocycles. The fourth-order valence-electron chi connectivity index (χ4n) is 3.88. The van der Waals surface area contributed by atoms with Gasteiger partial charge in [-0.3, -0.25) is 0 Å². The van der Waals surface area contributed by atoms with Crippen molar-refractivity contribution in [2.45, 2.75) is 98.0 Å². The average molecular weight is 462 g/mol. The van der Waals surface area contributed by atoms with E-state index in [1.807, 2.05) is 0 Å². The predicted molar refractivity (Wildman–Crippen MR) is 127 cm³/mol. The van der Waals surface area contributed by atoms with Gasteiger partial charge in [0.05, 0.1) is 35.8 Å². The summed E-state index contributed by atoms with van der Waals surface area (Å²) < 4.78 is 46.8. The Morgan fingerprint density at radius 2 is 1.39 bits per heavy atom. The molecule has 0 heterocycles. The van der Waals surface area contributed by atoms with E-state index in [2.05, 4.69) is 20.8 Å². The summed E-state index contributed by atoms with van der Waals surface area (Å²) in [5.41, 5.74) is -1.42. The number of benzene rings is 1. The lowest BCUT2D eigenvalue weighted by Gasteiger charge is -2.28. The molecule has 0 bridgehead atoms. The number of hydrogen-bond acceptors (Lipinski definition) is 2. The number of rotatable bonds is 12. The van der Waals surface area contributed by atoms with Gasteiger partial charge in [0.15, 0.2) is 0 Å². The number of carbonyl (C=O) groups is 1. The molecule has 31 heavy (non-hydrogen) atoms. The minimum atomic E-state index is -4.60. The minimum absolute atomic E-state index is 0.397. The second-order valence-electron chi connectivity index (χ2n) is 9.61. The maximum Gasteiger partial charge on any atom is 0.417 e. The molecule has 0 fully saturated rings. The van der Waals surface area contributed by atoms with E-state index in [0.29, 0.717) is 5.56 Å². The van der Waals surface area contributed by atoms with Crippen molar-refractivity contribution in [1.29, 1.82) is 0 Å². The van der Waals surface area contributed by atoms with Crippen LogP contribution in [0.5, 0.6) is 0 Å². The third kappa shape index (κ3) is 9.51. The predicted octanol–water partition coefficient (Wildman–Crippen LogP) is 8.58. The third-order valence-corrected chi connectivity index (χ3v) is 10.3. The lowest BCUT2D eigenvalue weighted by molar-refractivity contribution is -0.138. The molecule has 0 unspecified atom stereocenters. The van der Waals surface area contributed by atoms with E-state index in [-0.39, 0.29) is 0 Å². The number of esters is 1. The number of alkyl halides is 3. The summed E-state index contributed by atoms with van der Waals surface area (Å²) in [6, 6.07) is 4.24. The third-order valence-electron chi connectivity index (χ3n) is 5.48. The van der Waals surface area contributed by atoms with Crippen molar-refractivity contribution in [3.63, 3.8) is 0 Å². The van der Waals surface area contributed by atoms with Gasteiger partial charge >= 0.3 is 12.1 Å². The SMILES string of the molecule is CCCC[P+](CCCC)(CCCC)Cc1ccc(C(=O)OC(C)(C)C)c(C(F)(F)F)c1. The van der Waals surface area contributed by atoms with Crippen molar-refractivity contribution in [3.8, 4) is 0 Å². The highest BCUT2D eigenvalue weighted by Gasteiger charge is 2.39. The molecule has 0 aromatic heterocycles. The van der Waals surface area contributed by atoms with E-state index in [1.54, 1.807) is 26.8 Å². The van der Waals surface area contributed by atoms with Gasteiger partial charge in [-0.25, -0.2) is 4.79 Å². The molecule has 0 atom stereocenters. The Hall–Kier alpha value is -1.09. The van der Waals surface area contributed by atoms with Crippen LogP contribution in [-0.2, 0) is 17.1 Å². The van der Waals surface area contributed by atoms with Crippen LogP contribution >= 0.6 is 7.26 Å². The van der Waals surface area contributed by atoms with Gasteiger partial charge in [0.1, 0.15) is 5.60 Å². The highest BCUT2D eigenvalue weighted by Crippen LogP contribution is 2.63. The Kier molecular flexibility index (Phi) is 11.0. The zero-order chi connectivity index (χ0) is 23.7. The minimum Gasteiger partial charge on any atom is -0.456 e. The van der Waals surface area contributed by atoms with Gasteiger partial charge in [0, 0.05) is 7.26 Å². The first kappa shape index (κ1) is 27.9. The molecule has 1 aromatic carbocycles. The maximum absolute atomic E-state index is 13.9. The molecule has 1 rings (SSSR count). The van der Waals surface area contributed by atoms with Gasteiger partial charge in [-0.2, -0.15) is 13.2 Å². The molecule has 178 valence electrons. The molecule has 0 amide bonds. The van der Waals surface area contributed by atoms with Crippen LogP contribution in [0, 0.1) is 0 Å². The fraction of sp³-hybridized carbons (Fsp3) is 0.720. The summed E-state index contributed by atoms with van der Waals surface area (Å²) in [6.45, 7) is 11.5. The molecule has 0 radical (unpaired) electrons. The van der Waals surface area contributed by atoms with Crippen LogP contribution in [-0.4, -0.2) is 30.1 Å². The first-order chi connectivity index (χ1) is 14.4. The number of hydrogen-bond donors (Lipinski definition) is 0. The molecular weight excluding hydrogens is 420 g/mol. The van der Waals surface area contributed by atoms with Gasteiger partial charge in [0.2, 0.25) is 0 Å². The normalized spacial score (nSPS) is 12.8. The lowest BCUT2D eigenvalue weighted by Crippen LogP contribution is -2.26. The van der Waals surface area contributed by atoms with Crippen LogP contribution < -0.4 is 0 Å². The maximum atomic E-state index is 13.9. The Morgan fingerprint density at radius 1 is 0.903 bits per heavy atom. The summed E-state index contributed by atoms with van der Waals surface area (Å²) in [4.78, 5) is 12.4. The van der Waals surface area contributed by atoms with Crippen molar-refractivity contribution in [2.75, 3.05) is 18.5 Å². The number of ether oxygens (including phenoxy) is 1. The molecule has 2 nitrogen and oxygen atoms in total. The fourth-order valence-corrected chi connectivity index (χ4v) is 8.95. The zero-order valence-corrected chi connectivity index (χ0v) is 21.1. The summed E-state index contributed by atoms with van der Waals surface area (Å²) in [7, 11) is -1.40. The number of carbonyl (C=O) groups excluding carboxylic acids is 1. The highest BCUT2D eigenvalue weighted by atomic mass is 31.2. The summed E-state index contributed by atoms with van der Waals surface area (Å²) >= 11 is 0. The monoisotopic (exact) mass is 461 g/mol. The zero-order valence-electron chi connectivity index (χ0n) is 20.2. The van der Waals surface area contributed by atoms with Gasteiger partial charge in [-0.15, -0.1) is 0 Å². The molecule has 1 aromatic rings. The van der Waals surface area contributed by atoms with E-state index >= 15 is 0 Å². The summed E-state index contributed by atoms with van der Waals surface area (Å²) in [5.74, 6) is -0.921.